The first-order valence-corrected chi connectivity index (χ1v) is 9.84. The molecule has 0 unspecified atom stereocenters. The molecule has 0 aliphatic rings. The average molecular weight is 403 g/mol. The molecule has 0 aliphatic heterocycles. The van der Waals surface area contributed by atoms with Crippen molar-refractivity contribution in [3.8, 4) is 17.1 Å². The van der Waals surface area contributed by atoms with Gasteiger partial charge in [0.1, 0.15) is 12.4 Å². The van der Waals surface area contributed by atoms with Crippen LogP contribution in [0.1, 0.15) is 16.7 Å². The van der Waals surface area contributed by atoms with Crippen LogP contribution in [0.3, 0.4) is 0 Å². The third-order valence-corrected chi connectivity index (χ3v) is 4.81. The van der Waals surface area contributed by atoms with E-state index in [1.807, 2.05) is 54.6 Å². The molecule has 5 nitrogen and oxygen atoms in total. The Kier molecular flexibility index (Phi) is 5.72. The van der Waals surface area contributed by atoms with Gasteiger partial charge in [0.05, 0.1) is 6.54 Å². The minimum atomic E-state index is 0.524. The second kappa shape index (κ2) is 8.75. The van der Waals surface area contributed by atoms with Gasteiger partial charge < -0.3 is 10.2 Å². The van der Waals surface area contributed by atoms with Crippen LogP contribution in [0.4, 0.5) is 0 Å². The molecule has 3 aromatic carbocycles. The van der Waals surface area contributed by atoms with Gasteiger partial charge in [0.15, 0.2) is 5.82 Å². The molecule has 1 heterocycles. The van der Waals surface area contributed by atoms with E-state index in [9.17, 15) is 0 Å². The Morgan fingerprint density at radius 1 is 0.966 bits per heavy atom. The molecule has 2 N–H and O–H groups in total. The maximum absolute atomic E-state index is 5.97. The number of aromatic nitrogens is 3. The Balaban J connectivity index is 1.44. The van der Waals surface area contributed by atoms with Crippen LogP contribution in [-0.2, 0) is 13.2 Å². The monoisotopic (exact) mass is 402 g/mol. The predicted molar refractivity (Wildman–Crippen MR) is 118 cm³/mol. The summed E-state index contributed by atoms with van der Waals surface area (Å²) in [6, 6.07) is 26.3. The lowest BCUT2D eigenvalue weighted by Gasteiger charge is -2.12. The summed E-state index contributed by atoms with van der Waals surface area (Å²) in [7, 11) is 0. The molecule has 0 saturated heterocycles. The number of nitrogens with zero attached hydrogens (tertiary/aromatic N) is 2. The van der Waals surface area contributed by atoms with Crippen LogP contribution >= 0.6 is 12.2 Å². The molecule has 0 atom stereocenters. The first kappa shape index (κ1) is 19.0. The zero-order valence-corrected chi connectivity index (χ0v) is 16.9. The predicted octanol–water partition coefficient (Wildman–Crippen LogP) is 5.24. The minimum absolute atomic E-state index is 0.524. The van der Waals surface area contributed by atoms with Gasteiger partial charge in [-0.1, -0.05) is 72.3 Å². The summed E-state index contributed by atoms with van der Waals surface area (Å²) in [4.78, 5) is 0. The van der Waals surface area contributed by atoms with Gasteiger partial charge in [-0.15, -0.1) is 0 Å². The van der Waals surface area contributed by atoms with Crippen LogP contribution in [0.15, 0.2) is 78.9 Å². The van der Waals surface area contributed by atoms with Crippen LogP contribution in [0.5, 0.6) is 5.75 Å². The fourth-order valence-corrected chi connectivity index (χ4v) is 3.31. The maximum Gasteiger partial charge on any atom is 0.214 e. The summed E-state index contributed by atoms with van der Waals surface area (Å²) in [6.07, 6.45) is 0. The highest BCUT2D eigenvalue weighted by molar-refractivity contribution is 7.71. The van der Waals surface area contributed by atoms with Crippen LogP contribution in [-0.4, -0.2) is 14.9 Å². The maximum atomic E-state index is 5.97. The molecule has 4 aromatic rings. The van der Waals surface area contributed by atoms with Gasteiger partial charge in [0.2, 0.25) is 4.77 Å². The fraction of sp³-hybridized carbons (Fsp3) is 0.130. The zero-order valence-electron chi connectivity index (χ0n) is 16.1. The summed E-state index contributed by atoms with van der Waals surface area (Å²) in [6.45, 7) is 3.22. The van der Waals surface area contributed by atoms with E-state index in [2.05, 4.69) is 46.8 Å². The molecular formula is C23H22N4OS. The molecule has 29 heavy (non-hydrogen) atoms. The van der Waals surface area contributed by atoms with Gasteiger partial charge in [0, 0.05) is 5.56 Å². The number of nitrogens with one attached hydrogen (secondary N) is 2. The largest absolute Gasteiger partial charge is 0.489 e. The Morgan fingerprint density at radius 2 is 1.76 bits per heavy atom. The van der Waals surface area contributed by atoms with Crippen molar-refractivity contribution in [2.75, 3.05) is 5.43 Å². The Morgan fingerprint density at radius 3 is 2.59 bits per heavy atom. The topological polar surface area (TPSA) is 54.9 Å². The Labute approximate surface area is 175 Å². The first-order chi connectivity index (χ1) is 14.2. The van der Waals surface area contributed by atoms with Gasteiger partial charge >= 0.3 is 0 Å². The zero-order chi connectivity index (χ0) is 20.1. The molecule has 4 rings (SSSR count). The number of ether oxygens (including phenoxy) is 1. The highest BCUT2D eigenvalue weighted by Gasteiger charge is 2.08. The summed E-state index contributed by atoms with van der Waals surface area (Å²) in [5.41, 5.74) is 7.82. The quantitative estimate of drug-likeness (QED) is 0.415. The number of H-pyrrole nitrogens is 1. The van der Waals surface area contributed by atoms with Crippen molar-refractivity contribution < 1.29 is 4.74 Å². The summed E-state index contributed by atoms with van der Waals surface area (Å²) >= 11 is 5.38. The van der Waals surface area contributed by atoms with E-state index < -0.39 is 0 Å². The summed E-state index contributed by atoms with van der Waals surface area (Å²) in [5, 5.41) is 7.20. The third kappa shape index (κ3) is 4.73. The third-order valence-electron chi connectivity index (χ3n) is 4.53. The van der Waals surface area contributed by atoms with E-state index in [0.29, 0.717) is 17.9 Å². The lowest BCUT2D eigenvalue weighted by molar-refractivity contribution is 0.306. The van der Waals surface area contributed by atoms with Gasteiger partial charge in [-0.25, -0.2) is 9.77 Å². The van der Waals surface area contributed by atoms with Crippen molar-refractivity contribution in [3.63, 3.8) is 0 Å². The van der Waals surface area contributed by atoms with Gasteiger partial charge in [-0.2, -0.15) is 5.10 Å². The molecule has 0 aliphatic carbocycles. The lowest BCUT2D eigenvalue weighted by Crippen LogP contribution is -2.16. The van der Waals surface area contributed by atoms with Crippen molar-refractivity contribution in [1.82, 2.24) is 14.9 Å². The normalized spacial score (nSPS) is 10.7. The summed E-state index contributed by atoms with van der Waals surface area (Å²) < 4.78 is 8.29. The van der Waals surface area contributed by atoms with Crippen LogP contribution in [0, 0.1) is 11.7 Å². The van der Waals surface area contributed by atoms with Crippen LogP contribution in [0.25, 0.3) is 11.4 Å². The minimum Gasteiger partial charge on any atom is -0.489 e. The van der Waals surface area contributed by atoms with E-state index in [4.69, 9.17) is 17.0 Å². The number of aryl methyl sites for hydroxylation is 1. The van der Waals surface area contributed by atoms with E-state index in [-0.39, 0.29) is 0 Å². The molecule has 0 fully saturated rings. The van der Waals surface area contributed by atoms with Gasteiger partial charge in [-0.3, -0.25) is 0 Å². The standard InChI is InChI=1S/C23H22N4OS/c1-17-7-5-9-19(13-17)16-28-21-12-6-8-18(14-21)15-24-27-22(25-26-23(27)29)20-10-3-2-4-11-20/h2-14,24H,15-16H2,1H3,(H,26,29). The number of hydrogen-bond acceptors (Lipinski definition) is 4. The molecule has 6 heteroatoms. The fourth-order valence-electron chi connectivity index (χ4n) is 3.11. The van der Waals surface area contributed by atoms with Crippen molar-refractivity contribution >= 4 is 12.2 Å². The number of rotatable bonds is 7. The number of hydrogen-bond donors (Lipinski definition) is 2. The van der Waals surface area contributed by atoms with Gasteiger partial charge in [0.25, 0.3) is 0 Å². The second-order valence-electron chi connectivity index (χ2n) is 6.81. The Bertz CT molecular complexity index is 1150. The van der Waals surface area contributed by atoms with Crippen molar-refractivity contribution in [1.29, 1.82) is 0 Å². The smallest absolute Gasteiger partial charge is 0.214 e. The van der Waals surface area contributed by atoms with E-state index in [1.165, 1.54) is 5.56 Å². The molecule has 1 aromatic heterocycles. The molecule has 0 amide bonds. The van der Waals surface area contributed by atoms with Crippen molar-refractivity contribution in [3.05, 3.63) is 100 Å². The molecule has 146 valence electrons. The van der Waals surface area contributed by atoms with E-state index >= 15 is 0 Å². The van der Waals surface area contributed by atoms with Crippen LogP contribution in [0.2, 0.25) is 0 Å². The molecular weight excluding hydrogens is 380 g/mol. The summed E-state index contributed by atoms with van der Waals surface area (Å²) in [5.74, 6) is 1.59. The SMILES string of the molecule is Cc1cccc(COc2cccc(CNn3c(-c4ccccc4)n[nH]c3=S)c2)c1. The van der Waals surface area contributed by atoms with Crippen LogP contribution < -0.4 is 10.2 Å². The molecule has 0 spiro atoms. The van der Waals surface area contributed by atoms with Crippen molar-refractivity contribution in [2.24, 2.45) is 0 Å². The molecule has 0 radical (unpaired) electrons. The van der Waals surface area contributed by atoms with E-state index in [0.717, 1.165) is 28.3 Å². The molecule has 0 bridgehead atoms. The number of aromatic amines is 1. The van der Waals surface area contributed by atoms with E-state index in [1.54, 1.807) is 4.68 Å². The highest BCUT2D eigenvalue weighted by atomic mass is 32.1. The lowest BCUT2D eigenvalue weighted by atomic mass is 10.1. The molecule has 0 saturated carbocycles. The van der Waals surface area contributed by atoms with Crippen molar-refractivity contribution in [2.45, 2.75) is 20.1 Å². The second-order valence-corrected chi connectivity index (χ2v) is 7.20. The highest BCUT2D eigenvalue weighted by Crippen LogP contribution is 2.18. The number of benzene rings is 3. The average Bonchev–Trinajstić information content (AvgIpc) is 3.12. The Hall–Kier alpha value is -3.38. The first-order valence-electron chi connectivity index (χ1n) is 9.43. The van der Waals surface area contributed by atoms with Gasteiger partial charge in [-0.05, 0) is 42.4 Å².